The quantitative estimate of drug-likeness (QED) is 0.625. The Balaban J connectivity index is 1.68. The van der Waals surface area contributed by atoms with Crippen LogP contribution in [-0.4, -0.2) is 37.6 Å². The van der Waals surface area contributed by atoms with E-state index in [2.05, 4.69) is 17.1 Å². The molecule has 1 saturated heterocycles. The molecule has 1 heterocycles. The number of rotatable bonds is 2. The van der Waals surface area contributed by atoms with Crippen LogP contribution in [0, 0.1) is 11.8 Å². The summed E-state index contributed by atoms with van der Waals surface area (Å²) in [5.74, 6) is 2.05. The molecule has 2 nitrogen and oxygen atoms in total. The predicted molar refractivity (Wildman–Crippen MR) is 46.6 cm³/mol. The van der Waals surface area contributed by atoms with Crippen molar-refractivity contribution in [2.75, 3.05) is 32.7 Å². The van der Waals surface area contributed by atoms with E-state index < -0.39 is 0 Å². The molecular formula is C9H18N2. The largest absolute Gasteiger partial charge is 0.314 e. The van der Waals surface area contributed by atoms with Crippen LogP contribution >= 0.6 is 0 Å². The molecule has 1 N–H and O–H groups in total. The lowest BCUT2D eigenvalue weighted by Gasteiger charge is -2.27. The molecule has 0 bridgehead atoms. The van der Waals surface area contributed by atoms with Gasteiger partial charge in [-0.1, -0.05) is 6.92 Å². The number of nitrogens with zero attached hydrogens (tertiary/aromatic N) is 1. The van der Waals surface area contributed by atoms with Crippen LogP contribution in [-0.2, 0) is 0 Å². The monoisotopic (exact) mass is 154 g/mol. The summed E-state index contributed by atoms with van der Waals surface area (Å²) in [7, 11) is 0. The zero-order valence-electron chi connectivity index (χ0n) is 7.34. The molecule has 2 heteroatoms. The molecule has 0 amide bonds. The molecule has 2 atom stereocenters. The van der Waals surface area contributed by atoms with Gasteiger partial charge in [0.25, 0.3) is 0 Å². The maximum atomic E-state index is 3.38. The lowest BCUT2D eigenvalue weighted by atomic mass is 10.3. The molecule has 0 aromatic heterocycles. The summed E-state index contributed by atoms with van der Waals surface area (Å²) in [4.78, 5) is 2.60. The van der Waals surface area contributed by atoms with Crippen molar-refractivity contribution in [3.05, 3.63) is 0 Å². The second-order valence-electron chi connectivity index (χ2n) is 4.02. The van der Waals surface area contributed by atoms with Crippen molar-refractivity contribution in [1.29, 1.82) is 0 Å². The van der Waals surface area contributed by atoms with Crippen LogP contribution in [0.25, 0.3) is 0 Å². The van der Waals surface area contributed by atoms with Crippen molar-refractivity contribution >= 4 is 0 Å². The minimum absolute atomic E-state index is 1.02. The first-order valence-corrected chi connectivity index (χ1v) is 4.79. The van der Waals surface area contributed by atoms with Gasteiger partial charge in [-0.05, 0) is 18.3 Å². The molecule has 0 spiro atoms. The van der Waals surface area contributed by atoms with E-state index in [0.29, 0.717) is 0 Å². The standard InChI is InChI=1S/C9H18N2/c1-8-6-9(8)7-11-4-2-10-3-5-11/h8-10H,2-7H2,1H3. The fourth-order valence-corrected chi connectivity index (χ4v) is 1.88. The van der Waals surface area contributed by atoms with Gasteiger partial charge in [0.2, 0.25) is 0 Å². The summed E-state index contributed by atoms with van der Waals surface area (Å²) in [6, 6.07) is 0. The van der Waals surface area contributed by atoms with Crippen molar-refractivity contribution in [3.8, 4) is 0 Å². The van der Waals surface area contributed by atoms with Crippen LogP contribution in [0.4, 0.5) is 0 Å². The van der Waals surface area contributed by atoms with Gasteiger partial charge in [-0.15, -0.1) is 0 Å². The lowest BCUT2D eigenvalue weighted by Crippen LogP contribution is -2.44. The zero-order chi connectivity index (χ0) is 7.68. The molecule has 0 aromatic carbocycles. The first-order valence-electron chi connectivity index (χ1n) is 4.79. The highest BCUT2D eigenvalue weighted by molar-refractivity contribution is 4.86. The normalized spacial score (nSPS) is 39.0. The van der Waals surface area contributed by atoms with Gasteiger partial charge in [-0.3, -0.25) is 0 Å². The summed E-state index contributed by atoms with van der Waals surface area (Å²) < 4.78 is 0. The van der Waals surface area contributed by atoms with Gasteiger partial charge in [0.15, 0.2) is 0 Å². The summed E-state index contributed by atoms with van der Waals surface area (Å²) in [5.41, 5.74) is 0. The Morgan fingerprint density at radius 2 is 2.00 bits per heavy atom. The molecule has 64 valence electrons. The third-order valence-electron chi connectivity index (χ3n) is 2.98. The lowest BCUT2D eigenvalue weighted by molar-refractivity contribution is 0.229. The zero-order valence-corrected chi connectivity index (χ0v) is 7.34. The SMILES string of the molecule is CC1CC1CN1CCNCC1. The van der Waals surface area contributed by atoms with E-state index in [1.165, 1.54) is 39.1 Å². The van der Waals surface area contributed by atoms with E-state index in [0.717, 1.165) is 11.8 Å². The summed E-state index contributed by atoms with van der Waals surface area (Å²) >= 11 is 0. The van der Waals surface area contributed by atoms with Gasteiger partial charge >= 0.3 is 0 Å². The molecule has 2 aliphatic rings. The fraction of sp³-hybridized carbons (Fsp3) is 1.00. The average molecular weight is 154 g/mol. The number of piperazine rings is 1. The van der Waals surface area contributed by atoms with Crippen LogP contribution in [0.2, 0.25) is 0 Å². The van der Waals surface area contributed by atoms with Crippen molar-refractivity contribution in [2.45, 2.75) is 13.3 Å². The maximum absolute atomic E-state index is 3.38. The molecule has 1 aliphatic carbocycles. The van der Waals surface area contributed by atoms with E-state index in [4.69, 9.17) is 0 Å². The molecule has 2 unspecified atom stereocenters. The molecular weight excluding hydrogens is 136 g/mol. The third kappa shape index (κ3) is 1.94. The van der Waals surface area contributed by atoms with Crippen molar-refractivity contribution in [2.24, 2.45) is 11.8 Å². The van der Waals surface area contributed by atoms with Crippen LogP contribution in [0.1, 0.15) is 13.3 Å². The summed E-state index contributed by atoms with van der Waals surface area (Å²) in [5, 5.41) is 3.38. The Kier molecular flexibility index (Phi) is 2.14. The Morgan fingerprint density at radius 3 is 2.55 bits per heavy atom. The topological polar surface area (TPSA) is 15.3 Å². The third-order valence-corrected chi connectivity index (χ3v) is 2.98. The summed E-state index contributed by atoms with van der Waals surface area (Å²) in [6.07, 6.45) is 1.48. The number of hydrogen-bond acceptors (Lipinski definition) is 2. The minimum atomic E-state index is 1.02. The minimum Gasteiger partial charge on any atom is -0.314 e. The van der Waals surface area contributed by atoms with Gasteiger partial charge in [-0.2, -0.15) is 0 Å². The molecule has 1 saturated carbocycles. The second-order valence-corrected chi connectivity index (χ2v) is 4.02. The molecule has 0 aromatic rings. The van der Waals surface area contributed by atoms with E-state index in [1.807, 2.05) is 0 Å². The van der Waals surface area contributed by atoms with Crippen LogP contribution in [0.3, 0.4) is 0 Å². The highest BCUT2D eigenvalue weighted by Gasteiger charge is 2.33. The first kappa shape index (κ1) is 7.56. The molecule has 1 aliphatic heterocycles. The van der Waals surface area contributed by atoms with E-state index in [-0.39, 0.29) is 0 Å². The first-order chi connectivity index (χ1) is 5.36. The number of hydrogen-bond donors (Lipinski definition) is 1. The Morgan fingerprint density at radius 1 is 1.36 bits per heavy atom. The van der Waals surface area contributed by atoms with Gasteiger partial charge < -0.3 is 10.2 Å². The molecule has 11 heavy (non-hydrogen) atoms. The van der Waals surface area contributed by atoms with Gasteiger partial charge in [-0.25, -0.2) is 0 Å². The number of nitrogens with one attached hydrogen (secondary N) is 1. The van der Waals surface area contributed by atoms with Crippen molar-refractivity contribution < 1.29 is 0 Å². The summed E-state index contributed by atoms with van der Waals surface area (Å²) in [6.45, 7) is 8.66. The van der Waals surface area contributed by atoms with Crippen molar-refractivity contribution in [3.63, 3.8) is 0 Å². The Hall–Kier alpha value is -0.0800. The van der Waals surface area contributed by atoms with Gasteiger partial charge in [0.05, 0.1) is 0 Å². The molecule has 2 fully saturated rings. The molecule has 0 radical (unpaired) electrons. The highest BCUT2D eigenvalue weighted by Crippen LogP contribution is 2.38. The smallest absolute Gasteiger partial charge is 0.0107 e. The Bertz CT molecular complexity index is 130. The fourth-order valence-electron chi connectivity index (χ4n) is 1.88. The predicted octanol–water partition coefficient (Wildman–Crippen LogP) is 0.548. The van der Waals surface area contributed by atoms with E-state index in [9.17, 15) is 0 Å². The van der Waals surface area contributed by atoms with Crippen LogP contribution in [0.5, 0.6) is 0 Å². The highest BCUT2D eigenvalue weighted by atomic mass is 15.2. The van der Waals surface area contributed by atoms with Crippen molar-refractivity contribution in [1.82, 2.24) is 10.2 Å². The second kappa shape index (κ2) is 3.11. The van der Waals surface area contributed by atoms with Crippen LogP contribution < -0.4 is 5.32 Å². The molecule has 2 rings (SSSR count). The van der Waals surface area contributed by atoms with Gasteiger partial charge in [0, 0.05) is 32.7 Å². The van der Waals surface area contributed by atoms with Crippen LogP contribution in [0.15, 0.2) is 0 Å². The van der Waals surface area contributed by atoms with Gasteiger partial charge in [0.1, 0.15) is 0 Å². The van der Waals surface area contributed by atoms with E-state index >= 15 is 0 Å². The Labute approximate surface area is 69.0 Å². The average Bonchev–Trinajstić information content (AvgIpc) is 2.69. The maximum Gasteiger partial charge on any atom is 0.0107 e. The van der Waals surface area contributed by atoms with E-state index in [1.54, 1.807) is 0 Å².